The number of nitriles is 1. The molecule has 0 atom stereocenters. The van der Waals surface area contributed by atoms with E-state index in [9.17, 15) is 14.9 Å². The summed E-state index contributed by atoms with van der Waals surface area (Å²) in [5, 5.41) is 12.7. The predicted molar refractivity (Wildman–Crippen MR) is 108 cm³/mol. The number of anilines is 1. The fraction of sp³-hybridized carbons (Fsp3) is 0.350. The standard InChI is InChI=1S/C20H20N2O3S2/c1-3-25-20(24)17-15-6-4-5-7-16(15)27-19(17)22-18(23)13(11-21)10-14-9-8-12(2)26-14/h8-10H,3-7H2,1-2H3,(H,22,23)/b13-10+. The van der Waals surface area contributed by atoms with Gasteiger partial charge < -0.3 is 10.1 Å². The van der Waals surface area contributed by atoms with Gasteiger partial charge in [-0.25, -0.2) is 4.79 Å². The number of nitrogens with zero attached hydrogens (tertiary/aromatic N) is 1. The lowest BCUT2D eigenvalue weighted by Crippen LogP contribution is -2.16. The van der Waals surface area contributed by atoms with Crippen LogP contribution in [0.3, 0.4) is 0 Å². The van der Waals surface area contributed by atoms with Gasteiger partial charge in [0.25, 0.3) is 5.91 Å². The first kappa shape index (κ1) is 19.3. The molecule has 2 heterocycles. The lowest BCUT2D eigenvalue weighted by atomic mass is 9.95. The van der Waals surface area contributed by atoms with Crippen molar-refractivity contribution < 1.29 is 14.3 Å². The van der Waals surface area contributed by atoms with Gasteiger partial charge in [0.2, 0.25) is 0 Å². The summed E-state index contributed by atoms with van der Waals surface area (Å²) in [5.74, 6) is -0.920. The van der Waals surface area contributed by atoms with E-state index in [-0.39, 0.29) is 12.2 Å². The van der Waals surface area contributed by atoms with Gasteiger partial charge in [-0.3, -0.25) is 4.79 Å². The van der Waals surface area contributed by atoms with Gasteiger partial charge in [0.15, 0.2) is 0 Å². The molecule has 0 aromatic carbocycles. The van der Waals surface area contributed by atoms with Crippen LogP contribution in [0.1, 0.15) is 50.3 Å². The Kier molecular flexibility index (Phi) is 6.09. The molecule has 0 saturated carbocycles. The molecule has 0 saturated heterocycles. The Morgan fingerprint density at radius 3 is 2.74 bits per heavy atom. The molecule has 3 rings (SSSR count). The van der Waals surface area contributed by atoms with E-state index >= 15 is 0 Å². The molecule has 140 valence electrons. The lowest BCUT2D eigenvalue weighted by molar-refractivity contribution is -0.112. The van der Waals surface area contributed by atoms with Crippen LogP contribution < -0.4 is 5.32 Å². The molecule has 0 unspecified atom stereocenters. The maximum Gasteiger partial charge on any atom is 0.341 e. The Morgan fingerprint density at radius 1 is 1.30 bits per heavy atom. The maximum absolute atomic E-state index is 12.7. The van der Waals surface area contributed by atoms with Gasteiger partial charge in [0.1, 0.15) is 16.6 Å². The van der Waals surface area contributed by atoms with Crippen molar-refractivity contribution >= 4 is 45.6 Å². The van der Waals surface area contributed by atoms with Gasteiger partial charge in [-0.15, -0.1) is 22.7 Å². The molecule has 1 N–H and O–H groups in total. The number of rotatable bonds is 5. The SMILES string of the molecule is CCOC(=O)c1c(NC(=O)/C(C#N)=C/c2ccc(C)s2)sc2c1CCCC2. The van der Waals surface area contributed by atoms with Gasteiger partial charge in [-0.2, -0.15) is 5.26 Å². The van der Waals surface area contributed by atoms with Crippen molar-refractivity contribution in [3.63, 3.8) is 0 Å². The summed E-state index contributed by atoms with van der Waals surface area (Å²) >= 11 is 2.93. The molecule has 0 bridgehead atoms. The molecule has 5 nitrogen and oxygen atoms in total. The summed E-state index contributed by atoms with van der Waals surface area (Å²) in [7, 11) is 0. The first-order valence-corrected chi connectivity index (χ1v) is 10.5. The van der Waals surface area contributed by atoms with Crippen LogP contribution in [0.25, 0.3) is 6.08 Å². The highest BCUT2D eigenvalue weighted by Crippen LogP contribution is 2.38. The Bertz CT molecular complexity index is 947. The Hall–Kier alpha value is -2.43. The highest BCUT2D eigenvalue weighted by Gasteiger charge is 2.27. The van der Waals surface area contributed by atoms with E-state index in [4.69, 9.17) is 4.74 Å². The number of aryl methyl sites for hydroxylation is 2. The van der Waals surface area contributed by atoms with Gasteiger partial charge in [0, 0.05) is 14.6 Å². The molecule has 0 spiro atoms. The summed E-state index contributed by atoms with van der Waals surface area (Å²) < 4.78 is 5.20. The smallest absolute Gasteiger partial charge is 0.341 e. The molecule has 27 heavy (non-hydrogen) atoms. The second-order valence-corrected chi connectivity index (χ2v) is 8.63. The van der Waals surface area contributed by atoms with Crippen molar-refractivity contribution in [2.24, 2.45) is 0 Å². The Labute approximate surface area is 166 Å². The minimum atomic E-state index is -0.507. The first-order chi connectivity index (χ1) is 13.0. The molecule has 0 aliphatic heterocycles. The summed E-state index contributed by atoms with van der Waals surface area (Å²) in [4.78, 5) is 28.2. The monoisotopic (exact) mass is 400 g/mol. The summed E-state index contributed by atoms with van der Waals surface area (Å²) in [5.41, 5.74) is 1.45. The number of hydrogen-bond acceptors (Lipinski definition) is 6. The van der Waals surface area contributed by atoms with Gasteiger partial charge >= 0.3 is 5.97 Å². The number of carbonyl (C=O) groups is 2. The normalized spacial score (nSPS) is 13.6. The highest BCUT2D eigenvalue weighted by molar-refractivity contribution is 7.17. The van der Waals surface area contributed by atoms with E-state index < -0.39 is 11.9 Å². The van der Waals surface area contributed by atoms with Gasteiger partial charge in [-0.05, 0) is 63.3 Å². The van der Waals surface area contributed by atoms with E-state index in [0.717, 1.165) is 45.9 Å². The van der Waals surface area contributed by atoms with E-state index in [1.807, 2.05) is 25.1 Å². The zero-order valence-electron chi connectivity index (χ0n) is 15.3. The van der Waals surface area contributed by atoms with E-state index in [2.05, 4.69) is 5.32 Å². The maximum atomic E-state index is 12.7. The number of thiophene rings is 2. The minimum Gasteiger partial charge on any atom is -0.462 e. The van der Waals surface area contributed by atoms with Crippen molar-refractivity contribution in [3.05, 3.63) is 43.5 Å². The molecule has 2 aromatic heterocycles. The molecule has 0 radical (unpaired) electrons. The zero-order chi connectivity index (χ0) is 19.4. The van der Waals surface area contributed by atoms with E-state index in [1.165, 1.54) is 22.7 Å². The average Bonchev–Trinajstić information content (AvgIpc) is 3.22. The number of nitrogens with one attached hydrogen (secondary N) is 1. The van der Waals surface area contributed by atoms with Crippen LogP contribution in [0.4, 0.5) is 5.00 Å². The molecule has 2 aromatic rings. The second-order valence-electron chi connectivity index (χ2n) is 6.21. The summed E-state index contributed by atoms with van der Waals surface area (Å²) in [6, 6.07) is 5.77. The van der Waals surface area contributed by atoms with Crippen LogP contribution in [0, 0.1) is 18.3 Å². The third-order valence-electron chi connectivity index (χ3n) is 4.29. The van der Waals surface area contributed by atoms with Gasteiger partial charge in [0.05, 0.1) is 12.2 Å². The molecule has 7 heteroatoms. The Balaban J connectivity index is 1.91. The second kappa shape index (κ2) is 8.51. The number of ether oxygens (including phenoxy) is 1. The molecule has 0 fully saturated rings. The van der Waals surface area contributed by atoms with Crippen molar-refractivity contribution in [2.75, 3.05) is 11.9 Å². The van der Waals surface area contributed by atoms with Crippen LogP contribution in [0.5, 0.6) is 0 Å². The predicted octanol–water partition coefficient (Wildman–Crippen LogP) is 4.72. The van der Waals surface area contributed by atoms with Crippen LogP contribution in [-0.4, -0.2) is 18.5 Å². The first-order valence-electron chi connectivity index (χ1n) is 8.84. The van der Waals surface area contributed by atoms with Crippen molar-refractivity contribution in [3.8, 4) is 6.07 Å². The van der Waals surface area contributed by atoms with Gasteiger partial charge in [-0.1, -0.05) is 0 Å². The summed E-state index contributed by atoms with van der Waals surface area (Å²) in [6.07, 6.45) is 5.38. The third kappa shape index (κ3) is 4.29. The van der Waals surface area contributed by atoms with Crippen LogP contribution >= 0.6 is 22.7 Å². The number of hydrogen-bond donors (Lipinski definition) is 1. The number of fused-ring (bicyclic) bond motifs is 1. The topological polar surface area (TPSA) is 79.2 Å². The molecule has 1 aliphatic rings. The van der Waals surface area contributed by atoms with Crippen molar-refractivity contribution in [1.29, 1.82) is 5.26 Å². The van der Waals surface area contributed by atoms with Crippen molar-refractivity contribution in [2.45, 2.75) is 39.5 Å². The highest BCUT2D eigenvalue weighted by atomic mass is 32.1. The number of amides is 1. The van der Waals surface area contributed by atoms with Crippen molar-refractivity contribution in [1.82, 2.24) is 0 Å². The average molecular weight is 401 g/mol. The van der Waals surface area contributed by atoms with E-state index in [1.54, 1.807) is 13.0 Å². The lowest BCUT2D eigenvalue weighted by Gasteiger charge is -2.12. The quantitative estimate of drug-likeness (QED) is 0.447. The van der Waals surface area contributed by atoms with Crippen LogP contribution in [0.15, 0.2) is 17.7 Å². The molecule has 1 amide bonds. The zero-order valence-corrected chi connectivity index (χ0v) is 16.9. The van der Waals surface area contributed by atoms with Crippen LogP contribution in [0.2, 0.25) is 0 Å². The fourth-order valence-corrected chi connectivity index (χ4v) is 5.16. The fourth-order valence-electron chi connectivity index (χ4n) is 3.07. The van der Waals surface area contributed by atoms with E-state index in [0.29, 0.717) is 10.6 Å². The third-order valence-corrected chi connectivity index (χ3v) is 6.45. The Morgan fingerprint density at radius 2 is 2.07 bits per heavy atom. The molecule has 1 aliphatic carbocycles. The number of esters is 1. The largest absolute Gasteiger partial charge is 0.462 e. The number of carbonyl (C=O) groups excluding carboxylic acids is 2. The van der Waals surface area contributed by atoms with Crippen LogP contribution in [-0.2, 0) is 22.4 Å². The molecular formula is C20H20N2O3S2. The summed E-state index contributed by atoms with van der Waals surface area (Å²) in [6.45, 7) is 4.00. The molecular weight excluding hydrogens is 380 g/mol. The minimum absolute atomic E-state index is 0.0121.